The molecule has 2 nitrogen and oxygen atoms in total. The molecule has 0 atom stereocenters. The minimum absolute atomic E-state index is 0.0821. The van der Waals surface area contributed by atoms with Crippen molar-refractivity contribution in [3.63, 3.8) is 0 Å². The molecule has 184 valence electrons. The summed E-state index contributed by atoms with van der Waals surface area (Å²) in [4.78, 5) is 2.48. The quantitative estimate of drug-likeness (QED) is 0.195. The lowest BCUT2D eigenvalue weighted by Gasteiger charge is -2.41. The molecule has 0 saturated carbocycles. The zero-order chi connectivity index (χ0) is 25.9. The smallest absolute Gasteiger partial charge is 0.333 e. The summed E-state index contributed by atoms with van der Waals surface area (Å²) in [7, 11) is 0. The van der Waals surface area contributed by atoms with Crippen LogP contribution in [0.1, 0.15) is 0 Å². The predicted octanol–water partition coefficient (Wildman–Crippen LogP) is 8.58. The van der Waals surface area contributed by atoms with Gasteiger partial charge in [0.15, 0.2) is 0 Å². The predicted molar refractivity (Wildman–Crippen MR) is 173 cm³/mol. The molecular weight excluding hydrogens is 503 g/mol. The number of benzene rings is 6. The van der Waals surface area contributed by atoms with Crippen LogP contribution in [0.25, 0.3) is 53.1 Å². The lowest BCUT2D eigenvalue weighted by atomic mass is 9.45. The van der Waals surface area contributed by atoms with Gasteiger partial charge in [0.2, 0.25) is 0 Å². The van der Waals surface area contributed by atoms with Crippen LogP contribution in [0.2, 0.25) is 0 Å². The van der Waals surface area contributed by atoms with Crippen LogP contribution in [0.15, 0.2) is 127 Å². The fourth-order valence-corrected chi connectivity index (χ4v) is 8.66. The lowest BCUT2D eigenvalue weighted by Crippen LogP contribution is -2.56. The topological polar surface area (TPSA) is 8.17 Å². The van der Waals surface area contributed by atoms with Crippen molar-refractivity contribution in [3.05, 3.63) is 127 Å². The Labute approximate surface area is 235 Å². The van der Waals surface area contributed by atoms with E-state index in [2.05, 4.69) is 137 Å². The molecule has 2 aromatic heterocycles. The maximum Gasteiger partial charge on any atom is 0.333 e. The maximum atomic E-state index is 2.68. The zero-order valence-electron chi connectivity index (χ0n) is 21.5. The van der Waals surface area contributed by atoms with E-state index in [9.17, 15) is 0 Å². The Morgan fingerprint density at radius 3 is 2.25 bits per heavy atom. The molecule has 2 aliphatic rings. The normalized spacial score (nSPS) is 13.4. The number of hydrogen-bond donors (Lipinski definition) is 0. The Hall–Kier alpha value is -4.80. The molecule has 0 aliphatic carbocycles. The van der Waals surface area contributed by atoms with Gasteiger partial charge in [0.1, 0.15) is 0 Å². The van der Waals surface area contributed by atoms with Crippen molar-refractivity contribution in [1.82, 2.24) is 4.48 Å². The van der Waals surface area contributed by atoms with E-state index < -0.39 is 0 Å². The van der Waals surface area contributed by atoms with Gasteiger partial charge in [0.25, 0.3) is 0 Å². The Balaban J connectivity index is 1.47. The average Bonchev–Trinajstić information content (AvgIpc) is 3.55. The summed E-state index contributed by atoms with van der Waals surface area (Å²) in [5, 5.41) is 5.31. The minimum atomic E-state index is 0.0821. The van der Waals surface area contributed by atoms with Crippen molar-refractivity contribution in [3.8, 4) is 11.1 Å². The first-order valence-corrected chi connectivity index (χ1v) is 14.6. The van der Waals surface area contributed by atoms with Crippen molar-refractivity contribution in [2.75, 3.05) is 4.90 Å². The summed E-state index contributed by atoms with van der Waals surface area (Å²) in [5.41, 5.74) is 11.9. The van der Waals surface area contributed by atoms with Crippen LogP contribution >= 0.6 is 11.3 Å². The van der Waals surface area contributed by atoms with Crippen LogP contribution < -0.4 is 15.8 Å². The van der Waals surface area contributed by atoms with E-state index in [0.717, 1.165) is 0 Å². The minimum Gasteiger partial charge on any atom is -0.374 e. The Morgan fingerprint density at radius 2 is 1.32 bits per heavy atom. The van der Waals surface area contributed by atoms with Crippen LogP contribution in [0.5, 0.6) is 0 Å². The van der Waals surface area contributed by atoms with E-state index >= 15 is 0 Å². The summed E-state index contributed by atoms with van der Waals surface area (Å²) >= 11 is 1.93. The second-order valence-corrected chi connectivity index (χ2v) is 11.9. The number of anilines is 3. The van der Waals surface area contributed by atoms with Gasteiger partial charge in [-0.15, -0.1) is 11.3 Å². The molecule has 0 bridgehead atoms. The first-order chi connectivity index (χ1) is 19.9. The van der Waals surface area contributed by atoms with Gasteiger partial charge in [-0.1, -0.05) is 97.1 Å². The molecule has 0 unspecified atom stereocenters. The molecule has 0 saturated heterocycles. The summed E-state index contributed by atoms with van der Waals surface area (Å²) < 4.78 is 5.42. The Kier molecular flexibility index (Phi) is 3.92. The van der Waals surface area contributed by atoms with E-state index in [1.807, 2.05) is 11.3 Å². The molecule has 4 heterocycles. The highest BCUT2D eigenvalue weighted by Crippen LogP contribution is 2.49. The summed E-state index contributed by atoms with van der Waals surface area (Å²) in [6.45, 7) is 0.0821. The van der Waals surface area contributed by atoms with Gasteiger partial charge in [-0.3, -0.25) is 0 Å². The second-order valence-electron chi connectivity index (χ2n) is 10.9. The number of nitrogens with zero attached hydrogens (tertiary/aromatic N) is 2. The van der Waals surface area contributed by atoms with Gasteiger partial charge >= 0.3 is 6.85 Å². The number of hydrogen-bond acceptors (Lipinski definition) is 2. The number of thiophene rings is 1. The van der Waals surface area contributed by atoms with Crippen molar-refractivity contribution >= 4 is 88.2 Å². The number of aromatic nitrogens is 1. The molecule has 10 rings (SSSR count). The fourth-order valence-electron chi connectivity index (χ4n) is 7.44. The summed E-state index contributed by atoms with van der Waals surface area (Å²) in [6.07, 6.45) is 0. The van der Waals surface area contributed by atoms with Gasteiger partial charge < -0.3 is 9.38 Å². The average molecular weight is 524 g/mol. The molecular formula is C36H21BN2S. The van der Waals surface area contributed by atoms with Crippen molar-refractivity contribution in [2.24, 2.45) is 0 Å². The van der Waals surface area contributed by atoms with E-state index in [0.29, 0.717) is 0 Å². The molecule has 0 fully saturated rings. The van der Waals surface area contributed by atoms with Crippen LogP contribution in [0.3, 0.4) is 0 Å². The van der Waals surface area contributed by atoms with Crippen LogP contribution in [0, 0.1) is 0 Å². The third-order valence-electron chi connectivity index (χ3n) is 8.93. The van der Waals surface area contributed by atoms with Gasteiger partial charge in [-0.05, 0) is 57.6 Å². The van der Waals surface area contributed by atoms with Crippen molar-refractivity contribution in [1.29, 1.82) is 0 Å². The SMILES string of the molecule is c1ccc(N2c3ccccc3B3c4c2cc2ccccc2c4-c2cccc4c5sc6ccccc6c5n3c24)cc1. The molecule has 0 radical (unpaired) electrons. The van der Waals surface area contributed by atoms with Crippen molar-refractivity contribution < 1.29 is 0 Å². The molecule has 8 aromatic rings. The summed E-state index contributed by atoms with van der Waals surface area (Å²) in [6, 6.07) is 47.1. The molecule has 2 aliphatic heterocycles. The molecule has 0 amide bonds. The van der Waals surface area contributed by atoms with E-state index in [-0.39, 0.29) is 6.85 Å². The Morgan fingerprint density at radius 1 is 0.575 bits per heavy atom. The number of para-hydroxylation sites is 3. The van der Waals surface area contributed by atoms with Crippen LogP contribution in [-0.4, -0.2) is 11.3 Å². The largest absolute Gasteiger partial charge is 0.374 e. The van der Waals surface area contributed by atoms with Crippen LogP contribution in [-0.2, 0) is 0 Å². The Bertz CT molecular complexity index is 2350. The summed E-state index contributed by atoms with van der Waals surface area (Å²) in [5.74, 6) is 0. The number of rotatable bonds is 1. The number of fused-ring (bicyclic) bond motifs is 11. The highest BCUT2D eigenvalue weighted by atomic mass is 32.1. The standard InChI is InChI=1S/C36H21BN2S/c1-2-12-23(13-3-1)38-29-19-8-7-18-28(29)37-33-30(38)21-22-11-4-5-14-24(22)32(33)26-16-10-17-27-34(26)39(37)35-25-15-6-9-20-31(25)40-36(27)35/h1-21H. The second kappa shape index (κ2) is 7.44. The van der Waals surface area contributed by atoms with Crippen LogP contribution in [0.4, 0.5) is 17.1 Å². The van der Waals surface area contributed by atoms with E-state index in [1.165, 1.54) is 81.1 Å². The monoisotopic (exact) mass is 524 g/mol. The van der Waals surface area contributed by atoms with E-state index in [1.54, 1.807) is 0 Å². The molecule has 0 N–H and O–H groups in total. The molecule has 0 spiro atoms. The lowest BCUT2D eigenvalue weighted by molar-refractivity contribution is 1.26. The zero-order valence-corrected chi connectivity index (χ0v) is 22.3. The first-order valence-electron chi connectivity index (χ1n) is 13.8. The highest BCUT2D eigenvalue weighted by molar-refractivity contribution is 7.27. The third-order valence-corrected chi connectivity index (χ3v) is 10.1. The maximum absolute atomic E-state index is 2.68. The van der Waals surface area contributed by atoms with Gasteiger partial charge in [-0.2, -0.15) is 0 Å². The van der Waals surface area contributed by atoms with E-state index in [4.69, 9.17) is 0 Å². The van der Waals surface area contributed by atoms with Gasteiger partial charge in [0.05, 0.1) is 10.2 Å². The van der Waals surface area contributed by atoms with Gasteiger partial charge in [-0.25, -0.2) is 0 Å². The first kappa shape index (κ1) is 21.1. The third kappa shape index (κ3) is 2.46. The molecule has 40 heavy (non-hydrogen) atoms. The highest BCUT2D eigenvalue weighted by Gasteiger charge is 2.43. The van der Waals surface area contributed by atoms with Gasteiger partial charge in [0, 0.05) is 43.6 Å². The van der Waals surface area contributed by atoms with Crippen molar-refractivity contribution in [2.45, 2.75) is 0 Å². The molecule has 4 heteroatoms. The molecule has 6 aromatic carbocycles. The fraction of sp³-hybridized carbons (Fsp3) is 0.